The van der Waals surface area contributed by atoms with Crippen LogP contribution >= 0.6 is 0 Å². The molecule has 0 radical (unpaired) electrons. The highest BCUT2D eigenvalue weighted by Gasteiger charge is 2.10. The van der Waals surface area contributed by atoms with E-state index >= 15 is 0 Å². The van der Waals surface area contributed by atoms with Gasteiger partial charge in [0.05, 0.1) is 5.69 Å². The van der Waals surface area contributed by atoms with Crippen LogP contribution in [-0.2, 0) is 7.05 Å². The smallest absolute Gasteiger partial charge is 0.0641 e. The van der Waals surface area contributed by atoms with E-state index < -0.39 is 0 Å². The Hall–Kier alpha value is -0.830. The molecule has 0 saturated carbocycles. The van der Waals surface area contributed by atoms with Crippen LogP contribution in [0, 0.1) is 6.92 Å². The fraction of sp³-hybridized carbons (Fsp3) is 0.727. The van der Waals surface area contributed by atoms with Gasteiger partial charge in [-0.05, 0) is 26.8 Å². The van der Waals surface area contributed by atoms with E-state index in [0.717, 1.165) is 12.2 Å². The molecule has 0 bridgehead atoms. The molecule has 0 spiro atoms. The molecular weight excluding hydrogens is 174 g/mol. The summed E-state index contributed by atoms with van der Waals surface area (Å²) in [5.74, 6) is 0. The number of nitrogens with zero attached hydrogens (tertiary/aromatic N) is 2. The highest BCUT2D eigenvalue weighted by Crippen LogP contribution is 2.15. The van der Waals surface area contributed by atoms with Crippen molar-refractivity contribution in [2.75, 3.05) is 6.54 Å². The summed E-state index contributed by atoms with van der Waals surface area (Å²) in [6.45, 7) is 7.56. The van der Waals surface area contributed by atoms with Crippen molar-refractivity contribution in [1.82, 2.24) is 15.1 Å². The molecule has 0 aliphatic rings. The van der Waals surface area contributed by atoms with Gasteiger partial charge in [-0.15, -0.1) is 0 Å². The predicted molar refractivity (Wildman–Crippen MR) is 59.3 cm³/mol. The lowest BCUT2D eigenvalue weighted by Crippen LogP contribution is -2.19. The van der Waals surface area contributed by atoms with Crippen molar-refractivity contribution < 1.29 is 0 Å². The molecule has 0 fully saturated rings. The fourth-order valence-electron chi connectivity index (χ4n) is 1.65. The minimum Gasteiger partial charge on any atom is -0.310 e. The Morgan fingerprint density at radius 3 is 2.79 bits per heavy atom. The van der Waals surface area contributed by atoms with Crippen LogP contribution in [-0.4, -0.2) is 16.3 Å². The lowest BCUT2D eigenvalue weighted by Gasteiger charge is -2.12. The Morgan fingerprint density at radius 1 is 1.57 bits per heavy atom. The van der Waals surface area contributed by atoms with Gasteiger partial charge in [-0.25, -0.2) is 0 Å². The summed E-state index contributed by atoms with van der Waals surface area (Å²) in [5.41, 5.74) is 2.44. The highest BCUT2D eigenvalue weighted by molar-refractivity contribution is 5.19. The maximum Gasteiger partial charge on any atom is 0.0641 e. The quantitative estimate of drug-likeness (QED) is 0.730. The summed E-state index contributed by atoms with van der Waals surface area (Å²) in [6.07, 6.45) is 4.58. The summed E-state index contributed by atoms with van der Waals surface area (Å²) in [6, 6.07) is 0.412. The first-order valence-corrected chi connectivity index (χ1v) is 5.38. The SMILES string of the molecule is CCCCNC(C)c1cn(C)nc1C. The Kier molecular flexibility index (Phi) is 4.14. The summed E-state index contributed by atoms with van der Waals surface area (Å²) in [4.78, 5) is 0. The number of hydrogen-bond acceptors (Lipinski definition) is 2. The topological polar surface area (TPSA) is 29.9 Å². The minimum atomic E-state index is 0.412. The highest BCUT2D eigenvalue weighted by atomic mass is 15.3. The van der Waals surface area contributed by atoms with Crippen molar-refractivity contribution in [2.24, 2.45) is 7.05 Å². The molecule has 1 rings (SSSR count). The molecule has 0 aromatic carbocycles. The molecule has 1 heterocycles. The molecule has 0 aliphatic heterocycles. The van der Waals surface area contributed by atoms with Gasteiger partial charge in [0.2, 0.25) is 0 Å². The van der Waals surface area contributed by atoms with E-state index in [-0.39, 0.29) is 0 Å². The van der Waals surface area contributed by atoms with Crippen LogP contribution in [0.2, 0.25) is 0 Å². The molecule has 1 aromatic heterocycles. The van der Waals surface area contributed by atoms with Crippen LogP contribution in [0.1, 0.15) is 44.0 Å². The number of hydrogen-bond donors (Lipinski definition) is 1. The molecule has 14 heavy (non-hydrogen) atoms. The minimum absolute atomic E-state index is 0.412. The van der Waals surface area contributed by atoms with Gasteiger partial charge in [0.25, 0.3) is 0 Å². The molecule has 1 atom stereocenters. The monoisotopic (exact) mass is 195 g/mol. The lowest BCUT2D eigenvalue weighted by molar-refractivity contribution is 0.552. The van der Waals surface area contributed by atoms with Crippen LogP contribution in [0.15, 0.2) is 6.20 Å². The van der Waals surface area contributed by atoms with Crippen molar-refractivity contribution in [3.05, 3.63) is 17.5 Å². The number of nitrogens with one attached hydrogen (secondary N) is 1. The zero-order chi connectivity index (χ0) is 10.6. The predicted octanol–water partition coefficient (Wildman–Crippen LogP) is 2.18. The summed E-state index contributed by atoms with van der Waals surface area (Å²) in [5, 5.41) is 7.84. The van der Waals surface area contributed by atoms with E-state index in [1.165, 1.54) is 18.4 Å². The van der Waals surface area contributed by atoms with Crippen LogP contribution in [0.3, 0.4) is 0 Å². The second kappa shape index (κ2) is 5.15. The zero-order valence-electron chi connectivity index (χ0n) is 9.67. The normalized spacial score (nSPS) is 13.1. The van der Waals surface area contributed by atoms with Crippen LogP contribution in [0.5, 0.6) is 0 Å². The molecule has 1 aromatic rings. The van der Waals surface area contributed by atoms with E-state index in [9.17, 15) is 0 Å². The Balaban J connectivity index is 2.51. The summed E-state index contributed by atoms with van der Waals surface area (Å²) >= 11 is 0. The van der Waals surface area contributed by atoms with Gasteiger partial charge in [0.15, 0.2) is 0 Å². The van der Waals surface area contributed by atoms with Gasteiger partial charge in [0, 0.05) is 24.8 Å². The fourth-order valence-corrected chi connectivity index (χ4v) is 1.65. The van der Waals surface area contributed by atoms with E-state index in [2.05, 4.69) is 37.4 Å². The first-order chi connectivity index (χ1) is 6.65. The van der Waals surface area contributed by atoms with Gasteiger partial charge in [-0.1, -0.05) is 13.3 Å². The van der Waals surface area contributed by atoms with E-state index in [4.69, 9.17) is 0 Å². The third-order valence-electron chi connectivity index (χ3n) is 2.50. The Morgan fingerprint density at radius 2 is 2.29 bits per heavy atom. The second-order valence-corrected chi connectivity index (χ2v) is 3.87. The molecule has 3 nitrogen and oxygen atoms in total. The van der Waals surface area contributed by atoms with Crippen LogP contribution < -0.4 is 5.32 Å². The van der Waals surface area contributed by atoms with Crippen molar-refractivity contribution in [3.8, 4) is 0 Å². The van der Waals surface area contributed by atoms with Crippen LogP contribution in [0.4, 0.5) is 0 Å². The molecule has 0 amide bonds. The molecule has 0 aliphatic carbocycles. The first-order valence-electron chi connectivity index (χ1n) is 5.38. The Labute approximate surface area is 86.5 Å². The summed E-state index contributed by atoms with van der Waals surface area (Å²) in [7, 11) is 1.97. The van der Waals surface area contributed by atoms with Crippen molar-refractivity contribution >= 4 is 0 Å². The van der Waals surface area contributed by atoms with Gasteiger partial charge in [0.1, 0.15) is 0 Å². The van der Waals surface area contributed by atoms with Crippen molar-refractivity contribution in [3.63, 3.8) is 0 Å². The summed E-state index contributed by atoms with van der Waals surface area (Å²) < 4.78 is 1.88. The average molecular weight is 195 g/mol. The first kappa shape index (κ1) is 11.2. The average Bonchev–Trinajstić information content (AvgIpc) is 2.45. The van der Waals surface area contributed by atoms with Crippen LogP contribution in [0.25, 0.3) is 0 Å². The molecule has 1 unspecified atom stereocenters. The van der Waals surface area contributed by atoms with E-state index in [0.29, 0.717) is 6.04 Å². The van der Waals surface area contributed by atoms with Gasteiger partial charge < -0.3 is 5.32 Å². The standard InChI is InChI=1S/C11H21N3/c1-5-6-7-12-9(2)11-8-14(4)13-10(11)3/h8-9,12H,5-7H2,1-4H3. The largest absolute Gasteiger partial charge is 0.310 e. The van der Waals surface area contributed by atoms with E-state index in [1.54, 1.807) is 0 Å². The van der Waals surface area contributed by atoms with Gasteiger partial charge in [-0.2, -0.15) is 5.10 Å². The molecular formula is C11H21N3. The number of rotatable bonds is 5. The zero-order valence-corrected chi connectivity index (χ0v) is 9.67. The van der Waals surface area contributed by atoms with Gasteiger partial charge in [-0.3, -0.25) is 4.68 Å². The second-order valence-electron chi connectivity index (χ2n) is 3.87. The third kappa shape index (κ3) is 2.84. The van der Waals surface area contributed by atoms with Gasteiger partial charge >= 0.3 is 0 Å². The molecule has 0 saturated heterocycles. The number of aromatic nitrogens is 2. The maximum atomic E-state index is 4.34. The van der Waals surface area contributed by atoms with Crippen molar-refractivity contribution in [2.45, 2.75) is 39.7 Å². The molecule has 80 valence electrons. The molecule has 3 heteroatoms. The maximum absolute atomic E-state index is 4.34. The van der Waals surface area contributed by atoms with E-state index in [1.807, 2.05) is 11.7 Å². The number of unbranched alkanes of at least 4 members (excludes halogenated alkanes) is 1. The third-order valence-corrected chi connectivity index (χ3v) is 2.50. The number of aryl methyl sites for hydroxylation is 2. The van der Waals surface area contributed by atoms with Crippen molar-refractivity contribution in [1.29, 1.82) is 0 Å². The Bertz CT molecular complexity index is 278. The lowest BCUT2D eigenvalue weighted by atomic mass is 10.1. The molecule has 1 N–H and O–H groups in total.